The van der Waals surface area contributed by atoms with Crippen LogP contribution in [-0.4, -0.2) is 15.4 Å². The van der Waals surface area contributed by atoms with E-state index in [4.69, 9.17) is 4.89 Å². The lowest BCUT2D eigenvalue weighted by molar-refractivity contribution is 0.514. The Balaban J connectivity index is 2.65. The number of hydrogen-bond donors (Lipinski definition) is 1. The normalized spacial score (nSPS) is 51.9. The van der Waals surface area contributed by atoms with E-state index in [0.717, 1.165) is 0 Å². The molecule has 0 spiro atoms. The average molecular weight is 184 g/mol. The molecule has 1 aliphatic heterocycles. The predicted octanol–water partition coefficient (Wildman–Crippen LogP) is 2.34. The molecule has 0 aromatic heterocycles. The zero-order valence-corrected chi connectivity index (χ0v) is 7.80. The van der Waals surface area contributed by atoms with E-state index in [-0.39, 0.29) is 0 Å². The van der Waals surface area contributed by atoms with E-state index < -0.39 is 5.77 Å². The van der Waals surface area contributed by atoms with E-state index in [1.54, 1.807) is 0 Å². The van der Waals surface area contributed by atoms with Gasteiger partial charge in [-0.05, 0) is 0 Å². The quantitative estimate of drug-likeness (QED) is 0.586. The van der Waals surface area contributed by atoms with Gasteiger partial charge in [0.25, 0.3) is 0 Å². The summed E-state index contributed by atoms with van der Waals surface area (Å²) in [6.45, 7) is 3.97. The highest BCUT2D eigenvalue weighted by molar-refractivity contribution is 8.90. The first-order chi connectivity index (χ1) is 4.01. The summed E-state index contributed by atoms with van der Waals surface area (Å²) < 4.78 is 10.9. The molecule has 1 heterocycles. The molecule has 1 saturated heterocycles. The molecule has 1 fully saturated rings. The van der Waals surface area contributed by atoms with Crippen molar-refractivity contribution in [3.8, 4) is 0 Å². The first-order valence-corrected chi connectivity index (χ1v) is 7.34. The molecule has 0 radical (unpaired) electrons. The Morgan fingerprint density at radius 3 is 1.78 bits per heavy atom. The van der Waals surface area contributed by atoms with Crippen molar-refractivity contribution in [2.45, 2.75) is 24.3 Å². The van der Waals surface area contributed by atoms with Crippen molar-refractivity contribution < 1.29 is 9.46 Å². The van der Waals surface area contributed by atoms with E-state index in [0.29, 0.717) is 10.5 Å². The Kier molecular flexibility index (Phi) is 2.22. The lowest BCUT2D eigenvalue weighted by Crippen LogP contribution is -2.04. The van der Waals surface area contributed by atoms with Gasteiger partial charge in [-0.25, -0.2) is 0 Å². The van der Waals surface area contributed by atoms with Crippen molar-refractivity contribution >= 4 is 28.5 Å². The molecular weight excluding hydrogens is 175 g/mol. The van der Waals surface area contributed by atoms with Gasteiger partial charge in [0.2, 0.25) is 0 Å². The monoisotopic (exact) mass is 184 g/mol. The van der Waals surface area contributed by atoms with Gasteiger partial charge in [0.1, 0.15) is 0 Å². The molecule has 0 aliphatic carbocycles. The Morgan fingerprint density at radius 1 is 1.33 bits per heavy atom. The highest BCUT2D eigenvalue weighted by Gasteiger charge is 2.37. The molecule has 2 unspecified atom stereocenters. The first kappa shape index (κ1) is 7.99. The molecule has 0 amide bonds. The molecule has 1 aliphatic rings. The second-order valence-corrected chi connectivity index (χ2v) is 9.86. The molecule has 0 saturated carbocycles. The Bertz CT molecular complexity index is 147. The van der Waals surface area contributed by atoms with Crippen molar-refractivity contribution in [1.29, 1.82) is 0 Å². The minimum atomic E-state index is -2.82. The second-order valence-electron chi connectivity index (χ2n) is 2.09. The third kappa shape index (κ3) is 1.90. The highest BCUT2D eigenvalue weighted by atomic mass is 33.1. The standard InChI is InChI=1S/C4H9O2PS2/c1-3-4(2)9-7(5,6)8-3/h3-4H,1-2H3,(H,5,6). The van der Waals surface area contributed by atoms with Crippen LogP contribution in [0.5, 0.6) is 0 Å². The molecule has 1 N–H and O–H groups in total. The Morgan fingerprint density at radius 2 is 1.67 bits per heavy atom. The largest absolute Gasteiger partial charge is 0.329 e. The third-order valence-electron chi connectivity index (χ3n) is 1.26. The molecule has 54 valence electrons. The van der Waals surface area contributed by atoms with Gasteiger partial charge in [-0.15, -0.1) is 0 Å². The van der Waals surface area contributed by atoms with Gasteiger partial charge in [-0.2, -0.15) is 0 Å². The van der Waals surface area contributed by atoms with E-state index in [9.17, 15) is 4.57 Å². The van der Waals surface area contributed by atoms with Crippen molar-refractivity contribution in [3.63, 3.8) is 0 Å². The summed E-state index contributed by atoms with van der Waals surface area (Å²) in [4.78, 5) is 9.02. The zero-order valence-electron chi connectivity index (χ0n) is 5.27. The van der Waals surface area contributed by atoms with Crippen LogP contribution in [0.3, 0.4) is 0 Å². The first-order valence-electron chi connectivity index (χ1n) is 2.71. The van der Waals surface area contributed by atoms with Crippen molar-refractivity contribution in [2.75, 3.05) is 0 Å². The lowest BCUT2D eigenvalue weighted by Gasteiger charge is -2.00. The van der Waals surface area contributed by atoms with Crippen LogP contribution in [0.4, 0.5) is 0 Å². The van der Waals surface area contributed by atoms with Crippen LogP contribution in [0.1, 0.15) is 13.8 Å². The summed E-state index contributed by atoms with van der Waals surface area (Å²) >= 11 is 2.41. The van der Waals surface area contributed by atoms with Crippen LogP contribution < -0.4 is 0 Å². The van der Waals surface area contributed by atoms with Crippen LogP contribution in [0.2, 0.25) is 0 Å². The maximum absolute atomic E-state index is 10.9. The SMILES string of the molecule is CC1SP(=O)(O)SC1C. The van der Waals surface area contributed by atoms with Gasteiger partial charge in [-0.1, -0.05) is 36.6 Å². The van der Waals surface area contributed by atoms with Crippen LogP contribution >= 0.6 is 28.5 Å². The van der Waals surface area contributed by atoms with Gasteiger partial charge in [0, 0.05) is 10.5 Å². The Labute approximate surface area is 62.7 Å². The summed E-state index contributed by atoms with van der Waals surface area (Å²) in [6, 6.07) is 0. The fourth-order valence-corrected chi connectivity index (χ4v) is 9.33. The fourth-order valence-electron chi connectivity index (χ4n) is 0.616. The number of rotatable bonds is 0. The zero-order chi connectivity index (χ0) is 7.07. The second kappa shape index (κ2) is 2.50. The minimum Gasteiger partial charge on any atom is -0.329 e. The van der Waals surface area contributed by atoms with Gasteiger partial charge in [0.15, 0.2) is 0 Å². The average Bonchev–Trinajstić information content (AvgIpc) is 1.79. The van der Waals surface area contributed by atoms with Gasteiger partial charge in [-0.3, -0.25) is 4.57 Å². The molecule has 0 aromatic rings. The summed E-state index contributed by atoms with van der Waals surface area (Å²) in [5.41, 5.74) is 0. The van der Waals surface area contributed by atoms with Crippen LogP contribution in [0.25, 0.3) is 0 Å². The van der Waals surface area contributed by atoms with E-state index in [2.05, 4.69) is 0 Å². The molecule has 9 heavy (non-hydrogen) atoms. The molecule has 2 nitrogen and oxygen atoms in total. The molecule has 0 aromatic carbocycles. The van der Waals surface area contributed by atoms with Crippen molar-refractivity contribution in [3.05, 3.63) is 0 Å². The summed E-state index contributed by atoms with van der Waals surface area (Å²) in [6.07, 6.45) is 0. The smallest absolute Gasteiger partial charge is 0.311 e. The van der Waals surface area contributed by atoms with Crippen LogP contribution in [0, 0.1) is 0 Å². The van der Waals surface area contributed by atoms with Gasteiger partial charge in [0.05, 0.1) is 0 Å². The predicted molar refractivity (Wildman–Crippen MR) is 43.9 cm³/mol. The number of hydrogen-bond acceptors (Lipinski definition) is 3. The van der Waals surface area contributed by atoms with E-state index in [1.807, 2.05) is 13.8 Å². The van der Waals surface area contributed by atoms with Gasteiger partial charge < -0.3 is 4.89 Å². The summed E-state index contributed by atoms with van der Waals surface area (Å²) in [5.74, 6) is -2.82. The minimum absolute atomic E-state index is 0.325. The van der Waals surface area contributed by atoms with Crippen LogP contribution in [-0.2, 0) is 4.57 Å². The molecule has 2 atom stereocenters. The lowest BCUT2D eigenvalue weighted by atomic mass is 10.4. The third-order valence-corrected chi connectivity index (χ3v) is 8.59. The molecule has 0 bridgehead atoms. The molecular formula is C4H9O2PS2. The van der Waals surface area contributed by atoms with Crippen LogP contribution in [0.15, 0.2) is 0 Å². The maximum Gasteiger partial charge on any atom is 0.311 e. The fraction of sp³-hybridized carbons (Fsp3) is 1.00. The highest BCUT2D eigenvalue weighted by Crippen LogP contribution is 2.75. The van der Waals surface area contributed by atoms with Crippen molar-refractivity contribution in [2.24, 2.45) is 0 Å². The summed E-state index contributed by atoms with van der Waals surface area (Å²) in [7, 11) is 0. The van der Waals surface area contributed by atoms with Crippen molar-refractivity contribution in [1.82, 2.24) is 0 Å². The summed E-state index contributed by atoms with van der Waals surface area (Å²) in [5, 5.41) is 0.650. The van der Waals surface area contributed by atoms with E-state index in [1.165, 1.54) is 22.8 Å². The maximum atomic E-state index is 10.9. The molecule has 5 heteroatoms. The van der Waals surface area contributed by atoms with Gasteiger partial charge >= 0.3 is 5.77 Å². The Hall–Kier alpha value is 0.890. The van der Waals surface area contributed by atoms with E-state index >= 15 is 0 Å². The molecule has 1 rings (SSSR count). The topological polar surface area (TPSA) is 37.3 Å².